The average Bonchev–Trinajstić information content (AvgIpc) is 2.32. The minimum atomic E-state index is 0.647. The van der Waals surface area contributed by atoms with Gasteiger partial charge >= 0.3 is 0 Å². The Labute approximate surface area is 66.0 Å². The molecule has 0 aliphatic rings. The summed E-state index contributed by atoms with van der Waals surface area (Å²) in [5.74, 6) is 0. The normalized spacial score (nSPS) is 10.0. The summed E-state index contributed by atoms with van der Waals surface area (Å²) < 4.78 is 1.61. The molecule has 0 saturated carbocycles. The van der Waals surface area contributed by atoms with Crippen LogP contribution >= 0.6 is 0 Å². The molecule has 1 aromatic heterocycles. The summed E-state index contributed by atoms with van der Waals surface area (Å²) in [5, 5.41) is 4.16. The van der Waals surface area contributed by atoms with Gasteiger partial charge in [0, 0.05) is 7.05 Å². The summed E-state index contributed by atoms with van der Waals surface area (Å²) in [6.45, 7) is 2.09. The van der Waals surface area contributed by atoms with Gasteiger partial charge in [-0.25, -0.2) is 0 Å². The van der Waals surface area contributed by atoms with E-state index in [9.17, 15) is 4.79 Å². The third kappa shape index (κ3) is 1.67. The van der Waals surface area contributed by atoms with E-state index in [0.29, 0.717) is 5.69 Å². The molecule has 0 aromatic carbocycles. The van der Waals surface area contributed by atoms with Gasteiger partial charge in [-0.3, -0.25) is 9.48 Å². The minimum absolute atomic E-state index is 0.647. The first-order valence-corrected chi connectivity index (χ1v) is 3.76. The molecule has 0 atom stereocenters. The van der Waals surface area contributed by atoms with Gasteiger partial charge in [-0.05, 0) is 12.5 Å². The quantitative estimate of drug-likeness (QED) is 0.610. The topological polar surface area (TPSA) is 34.9 Å². The van der Waals surface area contributed by atoms with E-state index in [0.717, 1.165) is 24.8 Å². The van der Waals surface area contributed by atoms with E-state index >= 15 is 0 Å². The molecule has 0 aliphatic carbocycles. The van der Waals surface area contributed by atoms with Crippen LogP contribution in [0.15, 0.2) is 6.07 Å². The number of carbonyl (C=O) groups excluding carboxylic acids is 1. The smallest absolute Gasteiger partial charge is 0.168 e. The van der Waals surface area contributed by atoms with Crippen LogP contribution in [0.3, 0.4) is 0 Å². The lowest BCUT2D eigenvalue weighted by Gasteiger charge is -1.88. The predicted octanol–water partition coefficient (Wildman–Crippen LogP) is 1.19. The Balaban J connectivity index is 2.86. The Morgan fingerprint density at radius 2 is 2.45 bits per heavy atom. The van der Waals surface area contributed by atoms with Crippen molar-refractivity contribution in [3.8, 4) is 0 Å². The van der Waals surface area contributed by atoms with Crippen LogP contribution < -0.4 is 0 Å². The van der Waals surface area contributed by atoms with Gasteiger partial charge in [-0.2, -0.15) is 5.10 Å². The second-order valence-corrected chi connectivity index (χ2v) is 2.55. The fourth-order valence-electron chi connectivity index (χ4n) is 1.03. The highest BCUT2D eigenvalue weighted by Gasteiger charge is 2.01. The monoisotopic (exact) mass is 152 g/mol. The number of nitrogens with zero attached hydrogens (tertiary/aromatic N) is 2. The van der Waals surface area contributed by atoms with Crippen molar-refractivity contribution in [3.05, 3.63) is 17.5 Å². The van der Waals surface area contributed by atoms with Crippen molar-refractivity contribution >= 4 is 6.29 Å². The molecule has 1 rings (SSSR count). The van der Waals surface area contributed by atoms with Gasteiger partial charge in [0.25, 0.3) is 0 Å². The third-order valence-corrected chi connectivity index (χ3v) is 1.59. The first kappa shape index (κ1) is 7.98. The molecule has 11 heavy (non-hydrogen) atoms. The van der Waals surface area contributed by atoms with Crippen LogP contribution in [0.2, 0.25) is 0 Å². The van der Waals surface area contributed by atoms with Gasteiger partial charge in [-0.15, -0.1) is 0 Å². The highest BCUT2D eigenvalue weighted by atomic mass is 16.1. The predicted molar refractivity (Wildman–Crippen MR) is 42.6 cm³/mol. The van der Waals surface area contributed by atoms with Crippen molar-refractivity contribution < 1.29 is 4.79 Å². The van der Waals surface area contributed by atoms with Crippen molar-refractivity contribution in [1.82, 2.24) is 9.78 Å². The highest BCUT2D eigenvalue weighted by Crippen LogP contribution is 2.02. The van der Waals surface area contributed by atoms with E-state index in [-0.39, 0.29) is 0 Å². The van der Waals surface area contributed by atoms with Crippen LogP contribution in [0, 0.1) is 0 Å². The van der Waals surface area contributed by atoms with Crippen molar-refractivity contribution in [3.63, 3.8) is 0 Å². The van der Waals surface area contributed by atoms with Crippen molar-refractivity contribution in [1.29, 1.82) is 0 Å². The van der Waals surface area contributed by atoms with E-state index < -0.39 is 0 Å². The molecule has 0 saturated heterocycles. The maximum Gasteiger partial charge on any atom is 0.168 e. The number of aryl methyl sites for hydroxylation is 2. The molecule has 3 heteroatoms. The number of hydrogen-bond acceptors (Lipinski definition) is 2. The van der Waals surface area contributed by atoms with E-state index in [4.69, 9.17) is 0 Å². The minimum Gasteiger partial charge on any atom is -0.296 e. The maximum absolute atomic E-state index is 10.4. The molecule has 0 radical (unpaired) electrons. The van der Waals surface area contributed by atoms with E-state index in [1.54, 1.807) is 11.7 Å². The third-order valence-electron chi connectivity index (χ3n) is 1.59. The molecule has 0 aliphatic heterocycles. The lowest BCUT2D eigenvalue weighted by Crippen LogP contribution is -1.96. The number of aromatic nitrogens is 2. The summed E-state index contributed by atoms with van der Waals surface area (Å²) in [7, 11) is 1.78. The Morgan fingerprint density at radius 3 is 2.91 bits per heavy atom. The van der Waals surface area contributed by atoms with Crippen molar-refractivity contribution in [2.45, 2.75) is 19.8 Å². The molecular weight excluding hydrogens is 140 g/mol. The van der Waals surface area contributed by atoms with E-state index in [1.807, 2.05) is 6.07 Å². The van der Waals surface area contributed by atoms with Crippen molar-refractivity contribution in [2.24, 2.45) is 7.05 Å². The zero-order valence-electron chi connectivity index (χ0n) is 6.87. The van der Waals surface area contributed by atoms with Gasteiger partial charge in [0.1, 0.15) is 5.69 Å². The molecule has 0 N–H and O–H groups in total. The molecule has 0 unspecified atom stereocenters. The molecule has 0 spiro atoms. The number of aldehydes is 1. The summed E-state index contributed by atoms with van der Waals surface area (Å²) >= 11 is 0. The second kappa shape index (κ2) is 3.32. The standard InChI is InChI=1S/C8H12N2O/c1-3-4-7-5-8(6-11)10(2)9-7/h5-6H,3-4H2,1-2H3. The SMILES string of the molecule is CCCc1cc(C=O)n(C)n1. The maximum atomic E-state index is 10.4. The second-order valence-electron chi connectivity index (χ2n) is 2.55. The number of carbonyl (C=O) groups is 1. The van der Waals surface area contributed by atoms with E-state index in [2.05, 4.69) is 12.0 Å². The Hall–Kier alpha value is -1.12. The molecular formula is C8H12N2O. The summed E-state index contributed by atoms with van der Waals surface area (Å²) in [4.78, 5) is 10.4. The molecule has 0 amide bonds. The fourth-order valence-corrected chi connectivity index (χ4v) is 1.03. The van der Waals surface area contributed by atoms with E-state index in [1.165, 1.54) is 0 Å². The van der Waals surface area contributed by atoms with Crippen LogP contribution in [0.5, 0.6) is 0 Å². The van der Waals surface area contributed by atoms with Crippen LogP contribution in [0.1, 0.15) is 29.5 Å². The molecule has 3 nitrogen and oxygen atoms in total. The number of rotatable bonds is 3. The fraction of sp³-hybridized carbons (Fsp3) is 0.500. The Bertz CT molecular complexity index is 253. The summed E-state index contributed by atoms with van der Waals surface area (Å²) in [5.41, 5.74) is 1.64. The van der Waals surface area contributed by atoms with Gasteiger partial charge in [-0.1, -0.05) is 13.3 Å². The lowest BCUT2D eigenvalue weighted by atomic mass is 10.2. The highest BCUT2D eigenvalue weighted by molar-refractivity contribution is 5.72. The van der Waals surface area contributed by atoms with Gasteiger partial charge in [0.05, 0.1) is 5.69 Å². The van der Waals surface area contributed by atoms with Crippen molar-refractivity contribution in [2.75, 3.05) is 0 Å². The zero-order chi connectivity index (χ0) is 8.27. The summed E-state index contributed by atoms with van der Waals surface area (Å²) in [6.07, 6.45) is 2.84. The molecule has 1 heterocycles. The largest absolute Gasteiger partial charge is 0.296 e. The molecule has 0 bridgehead atoms. The average molecular weight is 152 g/mol. The first-order valence-electron chi connectivity index (χ1n) is 3.76. The first-order chi connectivity index (χ1) is 5.27. The van der Waals surface area contributed by atoms with Gasteiger partial charge < -0.3 is 0 Å². The van der Waals surface area contributed by atoms with Crippen LogP contribution in [0.4, 0.5) is 0 Å². The molecule has 0 fully saturated rings. The van der Waals surface area contributed by atoms with Gasteiger partial charge in [0.15, 0.2) is 6.29 Å². The summed E-state index contributed by atoms with van der Waals surface area (Å²) in [6, 6.07) is 1.83. The van der Waals surface area contributed by atoms with Crippen LogP contribution in [-0.2, 0) is 13.5 Å². The lowest BCUT2D eigenvalue weighted by molar-refractivity contribution is 0.111. The van der Waals surface area contributed by atoms with Crippen LogP contribution in [0.25, 0.3) is 0 Å². The zero-order valence-corrected chi connectivity index (χ0v) is 6.87. The molecule has 1 aromatic rings. The van der Waals surface area contributed by atoms with Crippen LogP contribution in [-0.4, -0.2) is 16.1 Å². The van der Waals surface area contributed by atoms with Gasteiger partial charge in [0.2, 0.25) is 0 Å². The number of hydrogen-bond donors (Lipinski definition) is 0. The Morgan fingerprint density at radius 1 is 1.73 bits per heavy atom. The molecule has 60 valence electrons. The Kier molecular flexibility index (Phi) is 2.41.